The van der Waals surface area contributed by atoms with E-state index in [0.717, 1.165) is 71.4 Å². The molecule has 7 heteroatoms. The van der Waals surface area contributed by atoms with Crippen molar-refractivity contribution in [3.63, 3.8) is 0 Å². The number of likely N-dealkylation sites (tertiary alicyclic amines) is 1. The number of benzene rings is 1. The van der Waals surface area contributed by atoms with Gasteiger partial charge in [0.05, 0.1) is 12.6 Å². The third-order valence-electron chi connectivity index (χ3n) is 8.01. The summed E-state index contributed by atoms with van der Waals surface area (Å²) in [6.45, 7) is 12.4. The van der Waals surface area contributed by atoms with Gasteiger partial charge in [-0.25, -0.2) is 4.79 Å². The quantitative estimate of drug-likeness (QED) is 0.524. The summed E-state index contributed by atoms with van der Waals surface area (Å²) in [6.07, 6.45) is 5.35. The fourth-order valence-corrected chi connectivity index (χ4v) is 6.09. The van der Waals surface area contributed by atoms with Gasteiger partial charge in [-0.05, 0) is 82.7 Å². The van der Waals surface area contributed by atoms with Crippen LogP contribution in [0.2, 0.25) is 0 Å². The first kappa shape index (κ1) is 25.0. The van der Waals surface area contributed by atoms with Crippen molar-refractivity contribution in [2.75, 3.05) is 44.2 Å². The van der Waals surface area contributed by atoms with Gasteiger partial charge in [-0.15, -0.1) is 0 Å². The minimum absolute atomic E-state index is 0.0119. The summed E-state index contributed by atoms with van der Waals surface area (Å²) in [5, 5.41) is 3.16. The SMILES string of the molecule is CCC[C@]1(C2CCN(Cc3ccc(N(CC)CC)cc3)CC2)NC(=O)N(C[C@@H]2CCCO2)C1=O. The molecule has 0 saturated carbocycles. The number of hydrogen-bond acceptors (Lipinski definition) is 5. The number of amides is 3. The first-order chi connectivity index (χ1) is 16.5. The highest BCUT2D eigenvalue weighted by Gasteiger charge is 2.55. The summed E-state index contributed by atoms with van der Waals surface area (Å²) in [5.74, 6) is 0.153. The lowest BCUT2D eigenvalue weighted by atomic mass is 9.74. The molecule has 0 unspecified atom stereocenters. The molecule has 3 heterocycles. The minimum atomic E-state index is -0.748. The second-order valence-corrected chi connectivity index (χ2v) is 10.1. The summed E-state index contributed by atoms with van der Waals surface area (Å²) in [7, 11) is 0. The number of carbonyl (C=O) groups excluding carboxylic acids is 2. The Morgan fingerprint density at radius 3 is 2.35 bits per heavy atom. The number of imide groups is 1. The molecule has 4 rings (SSSR count). The molecule has 0 bridgehead atoms. The Balaban J connectivity index is 1.36. The van der Waals surface area contributed by atoms with Gasteiger partial charge in [-0.1, -0.05) is 25.5 Å². The van der Waals surface area contributed by atoms with Crippen molar-refractivity contribution in [1.82, 2.24) is 15.1 Å². The van der Waals surface area contributed by atoms with Crippen molar-refractivity contribution in [1.29, 1.82) is 0 Å². The van der Waals surface area contributed by atoms with E-state index in [4.69, 9.17) is 4.74 Å². The molecule has 3 amide bonds. The molecular formula is C27H42N4O3. The van der Waals surface area contributed by atoms with Crippen molar-refractivity contribution in [2.45, 2.75) is 77.5 Å². The molecule has 7 nitrogen and oxygen atoms in total. The van der Waals surface area contributed by atoms with Crippen LogP contribution in [0.5, 0.6) is 0 Å². The van der Waals surface area contributed by atoms with Crippen LogP contribution in [0.4, 0.5) is 10.5 Å². The third kappa shape index (κ3) is 5.10. The van der Waals surface area contributed by atoms with Crippen LogP contribution < -0.4 is 10.2 Å². The number of carbonyl (C=O) groups is 2. The Morgan fingerprint density at radius 2 is 1.76 bits per heavy atom. The van der Waals surface area contributed by atoms with Crippen LogP contribution in [0, 0.1) is 5.92 Å². The molecule has 1 N–H and O–H groups in total. The maximum atomic E-state index is 13.6. The van der Waals surface area contributed by atoms with Gasteiger partial charge in [0.15, 0.2) is 0 Å². The van der Waals surface area contributed by atoms with E-state index in [2.05, 4.69) is 60.2 Å². The van der Waals surface area contributed by atoms with Gasteiger partial charge in [-0.3, -0.25) is 14.6 Å². The topological polar surface area (TPSA) is 65.1 Å². The van der Waals surface area contributed by atoms with E-state index in [-0.39, 0.29) is 24.0 Å². The maximum Gasteiger partial charge on any atom is 0.325 e. The first-order valence-corrected chi connectivity index (χ1v) is 13.3. The minimum Gasteiger partial charge on any atom is -0.376 e. The summed E-state index contributed by atoms with van der Waals surface area (Å²) >= 11 is 0. The number of nitrogens with zero attached hydrogens (tertiary/aromatic N) is 3. The van der Waals surface area contributed by atoms with E-state index in [9.17, 15) is 9.59 Å². The number of piperidine rings is 1. The molecule has 0 aliphatic carbocycles. The molecule has 3 aliphatic heterocycles. The van der Waals surface area contributed by atoms with E-state index in [0.29, 0.717) is 13.0 Å². The van der Waals surface area contributed by atoms with Crippen LogP contribution in [-0.4, -0.2) is 72.7 Å². The Bertz CT molecular complexity index is 827. The van der Waals surface area contributed by atoms with Gasteiger partial charge in [0, 0.05) is 31.9 Å². The molecule has 2 atom stereocenters. The number of urea groups is 1. The Kier molecular flexibility index (Phi) is 8.14. The zero-order valence-corrected chi connectivity index (χ0v) is 21.2. The highest BCUT2D eigenvalue weighted by atomic mass is 16.5. The van der Waals surface area contributed by atoms with Crippen molar-refractivity contribution >= 4 is 17.6 Å². The van der Waals surface area contributed by atoms with E-state index >= 15 is 0 Å². The second kappa shape index (κ2) is 11.1. The monoisotopic (exact) mass is 470 g/mol. The predicted molar refractivity (Wildman–Crippen MR) is 135 cm³/mol. The average molecular weight is 471 g/mol. The molecule has 3 fully saturated rings. The maximum absolute atomic E-state index is 13.6. The van der Waals surface area contributed by atoms with E-state index in [1.165, 1.54) is 16.2 Å². The lowest BCUT2D eigenvalue weighted by Crippen LogP contribution is -2.56. The standard InChI is InChI=1S/C27H42N4O3/c1-4-15-27(25(32)31(26(33)28-27)20-24-8-7-18-34-24)22-13-16-29(17-14-22)19-21-9-11-23(12-10-21)30(5-2)6-3/h9-12,22,24H,4-8,13-20H2,1-3H3,(H,28,33)/t24-,27+/m0/s1. The summed E-state index contributed by atoms with van der Waals surface area (Å²) in [4.78, 5) is 32.7. The van der Waals surface area contributed by atoms with Crippen molar-refractivity contribution < 1.29 is 14.3 Å². The lowest BCUT2D eigenvalue weighted by molar-refractivity contribution is -0.135. The van der Waals surface area contributed by atoms with Crippen LogP contribution in [-0.2, 0) is 16.1 Å². The van der Waals surface area contributed by atoms with Gasteiger partial charge >= 0.3 is 6.03 Å². The Morgan fingerprint density at radius 1 is 1.06 bits per heavy atom. The zero-order valence-electron chi connectivity index (χ0n) is 21.2. The van der Waals surface area contributed by atoms with Gasteiger partial charge in [0.25, 0.3) is 5.91 Å². The normalized spacial score (nSPS) is 26.3. The molecule has 1 aromatic carbocycles. The highest BCUT2D eigenvalue weighted by Crippen LogP contribution is 2.37. The number of ether oxygens (including phenoxy) is 1. The molecule has 3 aliphatic rings. The number of hydrogen-bond donors (Lipinski definition) is 1. The molecule has 0 radical (unpaired) electrons. The molecule has 1 aromatic rings. The van der Waals surface area contributed by atoms with Crippen molar-refractivity contribution in [2.24, 2.45) is 5.92 Å². The third-order valence-corrected chi connectivity index (χ3v) is 8.01. The average Bonchev–Trinajstić information content (AvgIpc) is 3.45. The van der Waals surface area contributed by atoms with Crippen LogP contribution in [0.1, 0.15) is 64.9 Å². The van der Waals surface area contributed by atoms with Crippen LogP contribution in [0.15, 0.2) is 24.3 Å². The fraction of sp³-hybridized carbons (Fsp3) is 0.704. The molecule has 3 saturated heterocycles. The Hall–Kier alpha value is -2.12. The molecule has 188 valence electrons. The lowest BCUT2D eigenvalue weighted by Gasteiger charge is -2.41. The van der Waals surface area contributed by atoms with Crippen LogP contribution in [0.25, 0.3) is 0 Å². The molecule has 34 heavy (non-hydrogen) atoms. The zero-order chi connectivity index (χ0) is 24.1. The second-order valence-electron chi connectivity index (χ2n) is 10.1. The van der Waals surface area contributed by atoms with E-state index in [1.807, 2.05) is 0 Å². The van der Waals surface area contributed by atoms with E-state index in [1.54, 1.807) is 0 Å². The highest BCUT2D eigenvalue weighted by molar-refractivity contribution is 6.07. The summed E-state index contributed by atoms with van der Waals surface area (Å²) < 4.78 is 5.71. The predicted octanol–water partition coefficient (Wildman–Crippen LogP) is 4.01. The summed E-state index contributed by atoms with van der Waals surface area (Å²) in [6, 6.07) is 8.69. The Labute approximate surface area is 204 Å². The largest absolute Gasteiger partial charge is 0.376 e. The molecule has 0 aromatic heterocycles. The molecular weight excluding hydrogens is 428 g/mol. The van der Waals surface area contributed by atoms with Gasteiger partial charge in [-0.2, -0.15) is 0 Å². The van der Waals surface area contributed by atoms with Gasteiger partial charge in [0.2, 0.25) is 0 Å². The first-order valence-electron chi connectivity index (χ1n) is 13.3. The molecule has 0 spiro atoms. The fourth-order valence-electron chi connectivity index (χ4n) is 6.09. The summed E-state index contributed by atoms with van der Waals surface area (Å²) in [5.41, 5.74) is 1.85. The van der Waals surface area contributed by atoms with Crippen molar-refractivity contribution in [3.05, 3.63) is 29.8 Å². The van der Waals surface area contributed by atoms with E-state index < -0.39 is 5.54 Å². The number of nitrogens with one attached hydrogen (secondary N) is 1. The van der Waals surface area contributed by atoms with Crippen LogP contribution >= 0.6 is 0 Å². The smallest absolute Gasteiger partial charge is 0.325 e. The van der Waals surface area contributed by atoms with Gasteiger partial charge < -0.3 is 15.0 Å². The van der Waals surface area contributed by atoms with Gasteiger partial charge in [0.1, 0.15) is 5.54 Å². The number of rotatable bonds is 10. The number of anilines is 1. The van der Waals surface area contributed by atoms with Crippen LogP contribution in [0.3, 0.4) is 0 Å². The van der Waals surface area contributed by atoms with Crippen molar-refractivity contribution in [3.8, 4) is 0 Å².